The first-order valence-corrected chi connectivity index (χ1v) is 9.86. The van der Waals surface area contributed by atoms with Crippen molar-refractivity contribution in [3.05, 3.63) is 63.8 Å². The molecule has 0 bridgehead atoms. The van der Waals surface area contributed by atoms with Crippen LogP contribution < -0.4 is 14.9 Å². The van der Waals surface area contributed by atoms with Gasteiger partial charge in [0.05, 0.1) is 20.8 Å². The summed E-state index contributed by atoms with van der Waals surface area (Å²) in [4.78, 5) is 15.3. The molecule has 0 spiro atoms. The van der Waals surface area contributed by atoms with Gasteiger partial charge >= 0.3 is 0 Å². The van der Waals surface area contributed by atoms with Gasteiger partial charge in [-0.3, -0.25) is 4.79 Å². The van der Waals surface area contributed by atoms with Gasteiger partial charge in [-0.25, -0.2) is 0 Å². The van der Waals surface area contributed by atoms with Gasteiger partial charge in [-0.1, -0.05) is 18.2 Å². The van der Waals surface area contributed by atoms with Crippen LogP contribution in [0.5, 0.6) is 11.5 Å². The minimum Gasteiger partial charge on any atom is -0.497 e. The van der Waals surface area contributed by atoms with Crippen LogP contribution in [-0.2, 0) is 6.61 Å². The molecule has 0 unspecified atom stereocenters. The summed E-state index contributed by atoms with van der Waals surface area (Å²) in [5, 5.41) is 10.5. The Hall–Kier alpha value is -3.09. The number of ether oxygens (including phenoxy) is 2. The summed E-state index contributed by atoms with van der Waals surface area (Å²) < 4.78 is 17.1. The van der Waals surface area contributed by atoms with Crippen LogP contribution >= 0.6 is 0 Å². The summed E-state index contributed by atoms with van der Waals surface area (Å²) in [6, 6.07) is 10.6. The highest BCUT2D eigenvalue weighted by atomic mass is 16.5. The average Bonchev–Trinajstić information content (AvgIpc) is 2.78. The molecule has 0 amide bonds. The van der Waals surface area contributed by atoms with Crippen LogP contribution in [0.15, 0.2) is 51.7 Å². The van der Waals surface area contributed by atoms with E-state index in [1.165, 1.54) is 13.2 Å². The highest BCUT2D eigenvalue weighted by Crippen LogP contribution is 2.38. The van der Waals surface area contributed by atoms with Crippen LogP contribution in [-0.4, -0.2) is 44.4 Å². The topological polar surface area (TPSA) is 72.1 Å². The molecule has 0 atom stereocenters. The lowest BCUT2D eigenvalue weighted by molar-refractivity contribution is 0.280. The van der Waals surface area contributed by atoms with Crippen molar-refractivity contribution in [3.63, 3.8) is 0 Å². The maximum absolute atomic E-state index is 13.1. The van der Waals surface area contributed by atoms with Crippen LogP contribution in [0.3, 0.4) is 0 Å². The molecular weight excluding hydrogens is 382 g/mol. The largest absolute Gasteiger partial charge is 0.497 e. The van der Waals surface area contributed by atoms with Gasteiger partial charge in [-0.15, -0.1) is 0 Å². The van der Waals surface area contributed by atoms with E-state index in [0.717, 1.165) is 36.2 Å². The van der Waals surface area contributed by atoms with Crippen LogP contribution in [0.25, 0.3) is 27.9 Å². The third kappa shape index (κ3) is 3.60. The van der Waals surface area contributed by atoms with Gasteiger partial charge < -0.3 is 23.9 Å². The molecule has 2 aromatic carbocycles. The molecule has 30 heavy (non-hydrogen) atoms. The summed E-state index contributed by atoms with van der Waals surface area (Å²) in [6.07, 6.45) is 2.93. The number of aliphatic hydroxyl groups excluding tert-OH is 1. The van der Waals surface area contributed by atoms with E-state index in [1.54, 1.807) is 13.2 Å². The van der Waals surface area contributed by atoms with E-state index >= 15 is 0 Å². The van der Waals surface area contributed by atoms with Crippen molar-refractivity contribution in [1.29, 1.82) is 0 Å². The van der Waals surface area contributed by atoms with Gasteiger partial charge in [-0.2, -0.15) is 0 Å². The number of benzene rings is 2. The Bertz CT molecular complexity index is 1180. The molecule has 3 aromatic rings. The fourth-order valence-electron chi connectivity index (χ4n) is 3.91. The summed E-state index contributed by atoms with van der Waals surface area (Å²) >= 11 is 0. The Kier molecular flexibility index (Phi) is 5.61. The lowest BCUT2D eigenvalue weighted by atomic mass is 9.92. The molecule has 156 valence electrons. The summed E-state index contributed by atoms with van der Waals surface area (Å²) in [7, 11) is 5.17. The fraction of sp³-hybridized carbons (Fsp3) is 0.292. The van der Waals surface area contributed by atoms with Crippen molar-refractivity contribution in [1.82, 2.24) is 4.90 Å². The molecule has 4 rings (SSSR count). The van der Waals surface area contributed by atoms with Crippen molar-refractivity contribution < 1.29 is 19.0 Å². The van der Waals surface area contributed by atoms with E-state index < -0.39 is 0 Å². The first-order valence-electron chi connectivity index (χ1n) is 9.86. The molecular formula is C24H25NO5. The van der Waals surface area contributed by atoms with Gasteiger partial charge in [0.25, 0.3) is 0 Å². The zero-order chi connectivity index (χ0) is 21.3. The molecule has 1 N–H and O–H groups in total. The second kappa shape index (κ2) is 8.34. The van der Waals surface area contributed by atoms with Gasteiger partial charge in [-0.05, 0) is 42.8 Å². The highest BCUT2D eigenvalue weighted by Gasteiger charge is 2.22. The molecule has 0 aliphatic carbocycles. The Morgan fingerprint density at radius 2 is 2.00 bits per heavy atom. The summed E-state index contributed by atoms with van der Waals surface area (Å²) in [5.74, 6) is 1.52. The van der Waals surface area contributed by atoms with E-state index in [9.17, 15) is 9.90 Å². The second-order valence-corrected chi connectivity index (χ2v) is 7.42. The molecule has 0 saturated carbocycles. The Morgan fingerprint density at radius 1 is 1.17 bits per heavy atom. The number of hydrogen-bond donors (Lipinski definition) is 1. The number of likely N-dealkylation sites (N-methyl/N-ethyl adjacent to an activating group) is 1. The minimum absolute atomic E-state index is 0.179. The summed E-state index contributed by atoms with van der Waals surface area (Å²) in [5.41, 5.74) is 3.52. The van der Waals surface area contributed by atoms with Crippen LogP contribution in [0.4, 0.5) is 0 Å². The molecule has 6 nitrogen and oxygen atoms in total. The molecule has 0 radical (unpaired) electrons. The number of hydrogen-bond acceptors (Lipinski definition) is 6. The normalized spacial score (nSPS) is 14.6. The van der Waals surface area contributed by atoms with Gasteiger partial charge in [0.2, 0.25) is 0 Å². The standard InChI is InChI=1S/C24H25NO5/c1-25-9-7-15(8-10-25)22-17(14-26)12-21(29-3)23-19(27)13-20(30-24(22)23)16-5-4-6-18(11-16)28-2/h4-7,11-13,26H,8-10,14H2,1-3H3. The average molecular weight is 407 g/mol. The van der Waals surface area contributed by atoms with Gasteiger partial charge in [0.15, 0.2) is 5.43 Å². The number of fused-ring (bicyclic) bond motifs is 1. The number of aliphatic hydroxyl groups is 1. The molecule has 2 heterocycles. The minimum atomic E-state index is -0.190. The zero-order valence-corrected chi connectivity index (χ0v) is 17.4. The van der Waals surface area contributed by atoms with Crippen molar-refractivity contribution >= 4 is 16.5 Å². The highest BCUT2D eigenvalue weighted by molar-refractivity contribution is 5.96. The fourth-order valence-corrected chi connectivity index (χ4v) is 3.91. The first kappa shape index (κ1) is 20.2. The monoisotopic (exact) mass is 407 g/mol. The molecule has 1 aliphatic heterocycles. The Labute approximate surface area is 175 Å². The van der Waals surface area contributed by atoms with E-state index in [4.69, 9.17) is 13.9 Å². The van der Waals surface area contributed by atoms with Crippen molar-refractivity contribution in [2.24, 2.45) is 0 Å². The molecule has 0 fully saturated rings. The number of nitrogens with zero attached hydrogens (tertiary/aromatic N) is 1. The van der Waals surface area contributed by atoms with E-state index in [0.29, 0.717) is 33.8 Å². The first-order chi connectivity index (χ1) is 14.5. The predicted octanol–water partition coefficient (Wildman–Crippen LogP) is 3.69. The van der Waals surface area contributed by atoms with Crippen molar-refractivity contribution in [2.75, 3.05) is 34.4 Å². The molecule has 0 saturated heterocycles. The van der Waals surface area contributed by atoms with E-state index in [-0.39, 0.29) is 12.0 Å². The lowest BCUT2D eigenvalue weighted by Crippen LogP contribution is -2.24. The predicted molar refractivity (Wildman–Crippen MR) is 117 cm³/mol. The SMILES string of the molecule is COc1cccc(-c2cc(=O)c3c(OC)cc(CO)c(C4=CCN(C)CC4)c3o2)c1. The number of rotatable bonds is 5. The van der Waals surface area contributed by atoms with Crippen molar-refractivity contribution in [2.45, 2.75) is 13.0 Å². The molecule has 1 aliphatic rings. The Balaban J connectivity index is 2.03. The summed E-state index contributed by atoms with van der Waals surface area (Å²) in [6.45, 7) is 1.51. The van der Waals surface area contributed by atoms with E-state index in [1.807, 2.05) is 24.3 Å². The number of methoxy groups -OCH3 is 2. The maximum atomic E-state index is 13.1. The molecule has 6 heteroatoms. The Morgan fingerprint density at radius 3 is 2.67 bits per heavy atom. The van der Waals surface area contributed by atoms with Crippen LogP contribution in [0.1, 0.15) is 17.5 Å². The quantitative estimate of drug-likeness (QED) is 0.696. The molecule has 1 aromatic heterocycles. The van der Waals surface area contributed by atoms with Gasteiger partial charge in [0.1, 0.15) is 28.2 Å². The smallest absolute Gasteiger partial charge is 0.197 e. The third-order valence-corrected chi connectivity index (χ3v) is 5.53. The van der Waals surface area contributed by atoms with Gasteiger partial charge in [0, 0.05) is 30.3 Å². The van der Waals surface area contributed by atoms with Crippen molar-refractivity contribution in [3.8, 4) is 22.8 Å². The second-order valence-electron chi connectivity index (χ2n) is 7.42. The third-order valence-electron chi connectivity index (χ3n) is 5.53. The maximum Gasteiger partial charge on any atom is 0.197 e. The zero-order valence-electron chi connectivity index (χ0n) is 17.4. The van der Waals surface area contributed by atoms with Crippen LogP contribution in [0, 0.1) is 0 Å². The van der Waals surface area contributed by atoms with Crippen LogP contribution in [0.2, 0.25) is 0 Å². The van der Waals surface area contributed by atoms with E-state index in [2.05, 4.69) is 18.0 Å². The lowest BCUT2D eigenvalue weighted by Gasteiger charge is -2.24.